The Hall–Kier alpha value is -2.69. The van der Waals surface area contributed by atoms with Gasteiger partial charge in [-0.3, -0.25) is 4.79 Å². The van der Waals surface area contributed by atoms with Crippen LogP contribution < -0.4 is 19.5 Å². The van der Waals surface area contributed by atoms with Gasteiger partial charge in [0.2, 0.25) is 5.91 Å². The Labute approximate surface area is 142 Å². The highest BCUT2D eigenvalue weighted by Gasteiger charge is 2.08. The topological polar surface area (TPSA) is 56.8 Å². The van der Waals surface area contributed by atoms with Gasteiger partial charge in [-0.15, -0.1) is 0 Å². The summed E-state index contributed by atoms with van der Waals surface area (Å²) in [7, 11) is 3.13. The Morgan fingerprint density at radius 2 is 1.67 bits per heavy atom. The van der Waals surface area contributed by atoms with Gasteiger partial charge in [0.05, 0.1) is 27.2 Å². The van der Waals surface area contributed by atoms with Gasteiger partial charge in [-0.05, 0) is 37.6 Å². The molecule has 0 saturated heterocycles. The number of hydrogen-bond donors (Lipinski definition) is 1. The van der Waals surface area contributed by atoms with Crippen molar-refractivity contribution in [2.45, 2.75) is 20.3 Å². The number of benzene rings is 2. The van der Waals surface area contributed by atoms with E-state index < -0.39 is 0 Å². The van der Waals surface area contributed by atoms with E-state index in [-0.39, 0.29) is 12.3 Å². The Bertz CT molecular complexity index is 713. The molecule has 0 aliphatic heterocycles. The summed E-state index contributed by atoms with van der Waals surface area (Å²) in [5.74, 6) is 1.88. The molecule has 0 fully saturated rings. The zero-order valence-corrected chi connectivity index (χ0v) is 14.5. The van der Waals surface area contributed by atoms with Crippen LogP contribution in [0.15, 0.2) is 36.4 Å². The van der Waals surface area contributed by atoms with E-state index in [9.17, 15) is 4.79 Å². The Morgan fingerprint density at radius 1 is 0.958 bits per heavy atom. The SMILES string of the molecule is COc1ccc(NC(=O)CCOc2ccc(C)cc2C)cc1OC. The van der Waals surface area contributed by atoms with Gasteiger partial charge in [-0.1, -0.05) is 17.7 Å². The second kappa shape index (κ2) is 8.24. The van der Waals surface area contributed by atoms with E-state index in [1.165, 1.54) is 5.56 Å². The molecule has 0 unspecified atom stereocenters. The standard InChI is InChI=1S/C19H23NO4/c1-13-5-7-16(14(2)11-13)24-10-9-19(21)20-15-6-8-17(22-3)18(12-15)23-4/h5-8,11-12H,9-10H2,1-4H3,(H,20,21). The van der Waals surface area contributed by atoms with E-state index in [4.69, 9.17) is 14.2 Å². The molecule has 0 radical (unpaired) electrons. The number of aryl methyl sites for hydroxylation is 2. The number of rotatable bonds is 7. The summed E-state index contributed by atoms with van der Waals surface area (Å²) in [6.45, 7) is 4.35. The Balaban J connectivity index is 1.87. The van der Waals surface area contributed by atoms with Crippen molar-refractivity contribution in [1.29, 1.82) is 0 Å². The number of amides is 1. The lowest BCUT2D eigenvalue weighted by atomic mass is 10.1. The maximum atomic E-state index is 12.0. The summed E-state index contributed by atoms with van der Waals surface area (Å²) >= 11 is 0. The van der Waals surface area contributed by atoms with Gasteiger partial charge < -0.3 is 19.5 Å². The van der Waals surface area contributed by atoms with E-state index >= 15 is 0 Å². The summed E-state index contributed by atoms with van der Waals surface area (Å²) in [4.78, 5) is 12.0. The lowest BCUT2D eigenvalue weighted by molar-refractivity contribution is -0.116. The molecule has 24 heavy (non-hydrogen) atoms. The molecule has 0 spiro atoms. The van der Waals surface area contributed by atoms with Crippen LogP contribution in [0, 0.1) is 13.8 Å². The Morgan fingerprint density at radius 3 is 2.33 bits per heavy atom. The van der Waals surface area contributed by atoms with Crippen molar-refractivity contribution in [1.82, 2.24) is 0 Å². The van der Waals surface area contributed by atoms with Crippen LogP contribution in [0.3, 0.4) is 0 Å². The molecule has 0 aliphatic carbocycles. The smallest absolute Gasteiger partial charge is 0.227 e. The third-order valence-electron chi connectivity index (χ3n) is 3.58. The molecule has 2 aromatic rings. The molecule has 2 aromatic carbocycles. The number of nitrogens with one attached hydrogen (secondary N) is 1. The number of carbonyl (C=O) groups excluding carboxylic acids is 1. The number of methoxy groups -OCH3 is 2. The fourth-order valence-electron chi connectivity index (χ4n) is 2.35. The highest BCUT2D eigenvalue weighted by molar-refractivity contribution is 5.91. The van der Waals surface area contributed by atoms with Gasteiger partial charge in [0.15, 0.2) is 11.5 Å². The summed E-state index contributed by atoms with van der Waals surface area (Å²) in [6, 6.07) is 11.2. The zero-order valence-electron chi connectivity index (χ0n) is 14.5. The predicted octanol–water partition coefficient (Wildman–Crippen LogP) is 3.73. The average Bonchev–Trinajstić information content (AvgIpc) is 2.56. The third kappa shape index (κ3) is 4.65. The van der Waals surface area contributed by atoms with Crippen molar-refractivity contribution in [3.63, 3.8) is 0 Å². The van der Waals surface area contributed by atoms with Crippen LogP contribution >= 0.6 is 0 Å². The van der Waals surface area contributed by atoms with Gasteiger partial charge in [0.1, 0.15) is 5.75 Å². The van der Waals surface area contributed by atoms with Crippen molar-refractivity contribution in [3.8, 4) is 17.2 Å². The van der Waals surface area contributed by atoms with E-state index in [1.54, 1.807) is 32.4 Å². The molecular weight excluding hydrogens is 306 g/mol. The molecule has 0 heterocycles. The molecule has 0 atom stereocenters. The summed E-state index contributed by atoms with van der Waals surface area (Å²) in [5, 5.41) is 2.82. The molecule has 128 valence electrons. The van der Waals surface area contributed by atoms with Crippen LogP contribution in [0.5, 0.6) is 17.2 Å². The van der Waals surface area contributed by atoms with Gasteiger partial charge in [-0.25, -0.2) is 0 Å². The van der Waals surface area contributed by atoms with E-state index in [1.807, 2.05) is 26.0 Å². The monoisotopic (exact) mass is 329 g/mol. The first-order valence-electron chi connectivity index (χ1n) is 7.75. The number of hydrogen-bond acceptors (Lipinski definition) is 4. The summed E-state index contributed by atoms with van der Waals surface area (Å²) < 4.78 is 16.1. The fraction of sp³-hybridized carbons (Fsp3) is 0.316. The largest absolute Gasteiger partial charge is 0.493 e. The van der Waals surface area contributed by atoms with E-state index in [2.05, 4.69) is 11.4 Å². The minimum atomic E-state index is -0.119. The van der Waals surface area contributed by atoms with Gasteiger partial charge >= 0.3 is 0 Å². The molecule has 5 heteroatoms. The second-order valence-corrected chi connectivity index (χ2v) is 5.49. The zero-order chi connectivity index (χ0) is 17.5. The minimum absolute atomic E-state index is 0.119. The fourth-order valence-corrected chi connectivity index (χ4v) is 2.35. The number of ether oxygens (including phenoxy) is 3. The maximum Gasteiger partial charge on any atom is 0.227 e. The first-order chi connectivity index (χ1) is 11.5. The summed E-state index contributed by atoms with van der Waals surface area (Å²) in [5.41, 5.74) is 2.91. The van der Waals surface area contributed by atoms with Crippen LogP contribution in [0.4, 0.5) is 5.69 Å². The van der Waals surface area contributed by atoms with Crippen LogP contribution in [-0.2, 0) is 4.79 Å². The molecular formula is C19H23NO4. The Kier molecular flexibility index (Phi) is 6.07. The molecule has 5 nitrogen and oxygen atoms in total. The first-order valence-corrected chi connectivity index (χ1v) is 7.75. The molecule has 0 aromatic heterocycles. The van der Waals surface area contributed by atoms with Crippen molar-refractivity contribution in [3.05, 3.63) is 47.5 Å². The average molecular weight is 329 g/mol. The highest BCUT2D eigenvalue weighted by Crippen LogP contribution is 2.29. The highest BCUT2D eigenvalue weighted by atomic mass is 16.5. The summed E-state index contributed by atoms with van der Waals surface area (Å²) in [6.07, 6.45) is 0.266. The van der Waals surface area contributed by atoms with Crippen molar-refractivity contribution < 1.29 is 19.0 Å². The lowest BCUT2D eigenvalue weighted by Gasteiger charge is -2.12. The maximum absolute atomic E-state index is 12.0. The van der Waals surface area contributed by atoms with Crippen LogP contribution in [-0.4, -0.2) is 26.7 Å². The van der Waals surface area contributed by atoms with Gasteiger partial charge in [-0.2, -0.15) is 0 Å². The molecule has 1 amide bonds. The van der Waals surface area contributed by atoms with E-state index in [0.29, 0.717) is 23.8 Å². The predicted molar refractivity (Wildman–Crippen MR) is 94.2 cm³/mol. The molecule has 1 N–H and O–H groups in total. The molecule has 0 aliphatic rings. The van der Waals surface area contributed by atoms with Crippen molar-refractivity contribution in [2.24, 2.45) is 0 Å². The third-order valence-corrected chi connectivity index (χ3v) is 3.58. The first kappa shape index (κ1) is 17.7. The van der Waals surface area contributed by atoms with Crippen molar-refractivity contribution in [2.75, 3.05) is 26.1 Å². The van der Waals surface area contributed by atoms with Gasteiger partial charge in [0, 0.05) is 11.8 Å². The van der Waals surface area contributed by atoms with Crippen LogP contribution in [0.25, 0.3) is 0 Å². The normalized spacial score (nSPS) is 10.2. The van der Waals surface area contributed by atoms with Crippen molar-refractivity contribution >= 4 is 11.6 Å². The number of anilines is 1. The number of carbonyl (C=O) groups is 1. The lowest BCUT2D eigenvalue weighted by Crippen LogP contribution is -2.15. The minimum Gasteiger partial charge on any atom is -0.493 e. The second-order valence-electron chi connectivity index (χ2n) is 5.49. The van der Waals surface area contributed by atoms with Crippen LogP contribution in [0.2, 0.25) is 0 Å². The van der Waals surface area contributed by atoms with Crippen LogP contribution in [0.1, 0.15) is 17.5 Å². The van der Waals surface area contributed by atoms with E-state index in [0.717, 1.165) is 11.3 Å². The van der Waals surface area contributed by atoms with Gasteiger partial charge in [0.25, 0.3) is 0 Å². The molecule has 0 bridgehead atoms. The molecule has 2 rings (SSSR count). The molecule has 0 saturated carbocycles. The quantitative estimate of drug-likeness (QED) is 0.841.